The molecule has 0 saturated carbocycles. The van der Waals surface area contributed by atoms with Crippen LogP contribution in [-0.4, -0.2) is 33.8 Å². The van der Waals surface area contributed by atoms with Crippen molar-refractivity contribution in [3.05, 3.63) is 12.2 Å². The van der Waals surface area contributed by atoms with E-state index in [0.29, 0.717) is 5.57 Å². The molecule has 1 unspecified atom stereocenters. The fourth-order valence-corrected chi connectivity index (χ4v) is 1.04. The summed E-state index contributed by atoms with van der Waals surface area (Å²) in [6.07, 6.45) is -0.816. The fraction of sp³-hybridized carbons (Fsp3) is 0.571. The van der Waals surface area contributed by atoms with E-state index in [0.717, 1.165) is 11.8 Å². The molecule has 11 heavy (non-hydrogen) atoms. The predicted molar refractivity (Wildman–Crippen MR) is 45.4 cm³/mol. The molecule has 64 valence electrons. The van der Waals surface area contributed by atoms with Crippen molar-refractivity contribution in [1.29, 1.82) is 0 Å². The lowest BCUT2D eigenvalue weighted by atomic mass is 10.4. The van der Waals surface area contributed by atoms with Crippen LogP contribution in [-0.2, 0) is 4.79 Å². The second-order valence-corrected chi connectivity index (χ2v) is 3.21. The number of carbonyl (C=O) groups excluding carboxylic acids is 1. The molecule has 1 atom stereocenters. The highest BCUT2D eigenvalue weighted by molar-refractivity contribution is 8.14. The smallest absolute Gasteiger partial charge is 0.214 e. The Labute approximate surface area is 70.1 Å². The minimum absolute atomic E-state index is 0.141. The van der Waals surface area contributed by atoms with E-state index >= 15 is 0 Å². The summed E-state index contributed by atoms with van der Waals surface area (Å²) >= 11 is 0.969. The van der Waals surface area contributed by atoms with Gasteiger partial charge in [-0.05, 0) is 12.5 Å². The Morgan fingerprint density at radius 2 is 2.27 bits per heavy atom. The van der Waals surface area contributed by atoms with Crippen molar-refractivity contribution in [2.24, 2.45) is 0 Å². The van der Waals surface area contributed by atoms with Crippen LogP contribution in [0, 0.1) is 0 Å². The van der Waals surface area contributed by atoms with Crippen LogP contribution in [0.5, 0.6) is 0 Å². The van der Waals surface area contributed by atoms with E-state index < -0.39 is 6.10 Å². The Hall–Kier alpha value is -0.320. The summed E-state index contributed by atoms with van der Waals surface area (Å²) < 4.78 is 0. The van der Waals surface area contributed by atoms with Gasteiger partial charge in [0, 0.05) is 5.75 Å². The van der Waals surface area contributed by atoms with Crippen LogP contribution in [0.1, 0.15) is 6.92 Å². The van der Waals surface area contributed by atoms with Gasteiger partial charge in [-0.1, -0.05) is 18.3 Å². The third kappa shape index (κ3) is 5.01. The summed E-state index contributed by atoms with van der Waals surface area (Å²) in [6, 6.07) is 0. The molecule has 0 bridgehead atoms. The third-order valence-corrected chi connectivity index (χ3v) is 2.13. The Bertz CT molecular complexity index is 156. The SMILES string of the molecule is C=C(C)C(=O)SCC(O)CO. The lowest BCUT2D eigenvalue weighted by Crippen LogP contribution is -2.16. The standard InChI is InChI=1S/C7H12O3S/c1-5(2)7(10)11-4-6(9)3-8/h6,8-9H,1,3-4H2,2H3. The minimum atomic E-state index is -0.816. The molecule has 4 heteroatoms. The molecule has 0 rings (SSSR count). The van der Waals surface area contributed by atoms with Crippen molar-refractivity contribution >= 4 is 16.9 Å². The molecule has 0 aromatic carbocycles. The molecule has 0 aliphatic carbocycles. The van der Waals surface area contributed by atoms with Crippen LogP contribution in [0.3, 0.4) is 0 Å². The highest BCUT2D eigenvalue weighted by Gasteiger charge is 2.07. The fourth-order valence-electron chi connectivity index (χ4n) is 0.348. The molecule has 0 aliphatic rings. The summed E-state index contributed by atoms with van der Waals surface area (Å²) in [4.78, 5) is 10.8. The van der Waals surface area contributed by atoms with Gasteiger partial charge in [0.2, 0.25) is 5.12 Å². The summed E-state index contributed by atoms with van der Waals surface area (Å²) in [5.41, 5.74) is 0.458. The number of rotatable bonds is 4. The van der Waals surface area contributed by atoms with Crippen molar-refractivity contribution in [1.82, 2.24) is 0 Å². The quantitative estimate of drug-likeness (QED) is 0.600. The third-order valence-electron chi connectivity index (χ3n) is 0.966. The zero-order chi connectivity index (χ0) is 8.85. The molecule has 2 N–H and O–H groups in total. The first-order chi connectivity index (χ1) is 5.07. The van der Waals surface area contributed by atoms with Gasteiger partial charge in [-0.15, -0.1) is 0 Å². The van der Waals surface area contributed by atoms with Crippen LogP contribution in [0.15, 0.2) is 12.2 Å². The van der Waals surface area contributed by atoms with E-state index in [2.05, 4.69) is 6.58 Å². The van der Waals surface area contributed by atoms with Crippen LogP contribution >= 0.6 is 11.8 Å². The van der Waals surface area contributed by atoms with E-state index in [1.807, 2.05) is 0 Å². The van der Waals surface area contributed by atoms with E-state index in [1.165, 1.54) is 0 Å². The van der Waals surface area contributed by atoms with Gasteiger partial charge < -0.3 is 10.2 Å². The predicted octanol–water partition coefficient (Wildman–Crippen LogP) is 0.175. The first kappa shape index (κ1) is 10.7. The van der Waals surface area contributed by atoms with Gasteiger partial charge in [0.1, 0.15) is 0 Å². The van der Waals surface area contributed by atoms with E-state index in [9.17, 15) is 4.79 Å². The molecule has 0 aromatic rings. The summed E-state index contributed by atoms with van der Waals surface area (Å²) in [5.74, 6) is 0.224. The van der Waals surface area contributed by atoms with Crippen molar-refractivity contribution < 1.29 is 15.0 Å². The first-order valence-electron chi connectivity index (χ1n) is 3.19. The lowest BCUT2D eigenvalue weighted by molar-refractivity contribution is -0.107. The number of thioether (sulfide) groups is 1. The first-order valence-corrected chi connectivity index (χ1v) is 4.18. The highest BCUT2D eigenvalue weighted by atomic mass is 32.2. The maximum Gasteiger partial charge on any atom is 0.214 e. The van der Waals surface area contributed by atoms with Crippen LogP contribution < -0.4 is 0 Å². The average Bonchev–Trinajstić information content (AvgIpc) is 1.99. The summed E-state index contributed by atoms with van der Waals surface area (Å²) in [6.45, 7) is 4.75. The molecule has 0 aromatic heterocycles. The Morgan fingerprint density at radius 1 is 1.73 bits per heavy atom. The largest absolute Gasteiger partial charge is 0.394 e. The van der Waals surface area contributed by atoms with Gasteiger partial charge >= 0.3 is 0 Å². The molecule has 3 nitrogen and oxygen atoms in total. The monoisotopic (exact) mass is 176 g/mol. The van der Waals surface area contributed by atoms with Gasteiger partial charge in [-0.2, -0.15) is 0 Å². The van der Waals surface area contributed by atoms with Crippen LogP contribution in [0.25, 0.3) is 0 Å². The van der Waals surface area contributed by atoms with Crippen LogP contribution in [0.4, 0.5) is 0 Å². The molecular formula is C7H12O3S. The topological polar surface area (TPSA) is 57.5 Å². The van der Waals surface area contributed by atoms with E-state index in [1.54, 1.807) is 6.92 Å². The molecule has 0 fully saturated rings. The molecular weight excluding hydrogens is 164 g/mol. The average molecular weight is 176 g/mol. The maximum absolute atomic E-state index is 10.8. The summed E-state index contributed by atoms with van der Waals surface area (Å²) in [5, 5.41) is 17.1. The Kier molecular flexibility index (Phi) is 5.19. The number of hydrogen-bond donors (Lipinski definition) is 2. The molecule has 0 radical (unpaired) electrons. The van der Waals surface area contributed by atoms with Crippen molar-refractivity contribution in [2.75, 3.05) is 12.4 Å². The van der Waals surface area contributed by atoms with Crippen molar-refractivity contribution in [3.63, 3.8) is 0 Å². The maximum atomic E-state index is 10.8. The van der Waals surface area contributed by atoms with Crippen molar-refractivity contribution in [3.8, 4) is 0 Å². The van der Waals surface area contributed by atoms with Gasteiger partial charge in [0.25, 0.3) is 0 Å². The second kappa shape index (κ2) is 5.35. The van der Waals surface area contributed by atoms with Crippen LogP contribution in [0.2, 0.25) is 0 Å². The minimum Gasteiger partial charge on any atom is -0.394 e. The second-order valence-electron chi connectivity index (χ2n) is 2.22. The highest BCUT2D eigenvalue weighted by Crippen LogP contribution is 2.09. The van der Waals surface area contributed by atoms with E-state index in [-0.39, 0.29) is 17.5 Å². The normalized spacial score (nSPS) is 12.6. The van der Waals surface area contributed by atoms with Gasteiger partial charge in [0.15, 0.2) is 0 Å². The summed E-state index contributed by atoms with van der Waals surface area (Å²) in [7, 11) is 0. The zero-order valence-corrected chi connectivity index (χ0v) is 7.23. The Balaban J connectivity index is 3.54. The lowest BCUT2D eigenvalue weighted by Gasteiger charge is -2.04. The Morgan fingerprint density at radius 3 is 2.64 bits per heavy atom. The number of hydrogen-bond acceptors (Lipinski definition) is 4. The molecule has 0 heterocycles. The van der Waals surface area contributed by atoms with Crippen molar-refractivity contribution in [2.45, 2.75) is 13.0 Å². The molecule has 0 spiro atoms. The number of aliphatic hydroxyl groups is 2. The van der Waals surface area contributed by atoms with Gasteiger partial charge in [-0.3, -0.25) is 4.79 Å². The number of aliphatic hydroxyl groups excluding tert-OH is 2. The molecule has 0 aliphatic heterocycles. The number of carbonyl (C=O) groups is 1. The van der Waals surface area contributed by atoms with Gasteiger partial charge in [0.05, 0.1) is 12.7 Å². The van der Waals surface area contributed by atoms with E-state index in [4.69, 9.17) is 10.2 Å². The zero-order valence-electron chi connectivity index (χ0n) is 6.41. The van der Waals surface area contributed by atoms with Gasteiger partial charge in [-0.25, -0.2) is 0 Å². The molecule has 0 amide bonds. The molecule has 0 saturated heterocycles.